The summed E-state index contributed by atoms with van der Waals surface area (Å²) in [6.07, 6.45) is 1.84. The van der Waals surface area contributed by atoms with Crippen LogP contribution in [0.15, 0.2) is 60.7 Å². The van der Waals surface area contributed by atoms with E-state index in [0.29, 0.717) is 0 Å². The smallest absolute Gasteiger partial charge is 0.237 e. The molecule has 3 atom stereocenters. The first-order valence-corrected chi connectivity index (χ1v) is 9.06. The molecule has 26 heavy (non-hydrogen) atoms. The van der Waals surface area contributed by atoms with Crippen molar-refractivity contribution in [2.75, 3.05) is 6.54 Å². The number of nitrogens with one attached hydrogen (secondary N) is 3. The van der Waals surface area contributed by atoms with Crippen molar-refractivity contribution in [2.24, 2.45) is 0 Å². The number of carbonyl (C=O) groups is 2. The highest BCUT2D eigenvalue weighted by Crippen LogP contribution is 2.29. The van der Waals surface area contributed by atoms with Crippen LogP contribution in [0, 0.1) is 0 Å². The third-order valence-electron chi connectivity index (χ3n) is 4.68. The third-order valence-corrected chi connectivity index (χ3v) is 4.68. The largest absolute Gasteiger partial charge is 0.347 e. The van der Waals surface area contributed by atoms with Gasteiger partial charge in [0.05, 0.1) is 18.1 Å². The molecule has 2 aromatic carbocycles. The number of amides is 2. The lowest BCUT2D eigenvalue weighted by Crippen LogP contribution is -2.46. The minimum Gasteiger partial charge on any atom is -0.347 e. The number of carbonyl (C=O) groups excluding carboxylic acids is 2. The first-order chi connectivity index (χ1) is 12.6. The SMILES string of the molecule is CC(=O)N[C@@H](c1ccccc1)[C@@H](NC(=O)[C@@H]1CCCN1)c1ccccc1. The molecule has 2 aromatic rings. The average molecular weight is 351 g/mol. The summed E-state index contributed by atoms with van der Waals surface area (Å²) in [5.41, 5.74) is 1.91. The van der Waals surface area contributed by atoms with Crippen LogP contribution in [0.1, 0.15) is 43.0 Å². The van der Waals surface area contributed by atoms with Gasteiger partial charge in [-0.25, -0.2) is 0 Å². The van der Waals surface area contributed by atoms with Crippen LogP contribution in [-0.4, -0.2) is 24.4 Å². The summed E-state index contributed by atoms with van der Waals surface area (Å²) < 4.78 is 0. The molecule has 1 aliphatic rings. The van der Waals surface area contributed by atoms with Gasteiger partial charge < -0.3 is 16.0 Å². The molecule has 0 saturated carbocycles. The lowest BCUT2D eigenvalue weighted by atomic mass is 9.92. The van der Waals surface area contributed by atoms with Gasteiger partial charge in [0, 0.05) is 6.92 Å². The van der Waals surface area contributed by atoms with E-state index < -0.39 is 0 Å². The summed E-state index contributed by atoms with van der Waals surface area (Å²) in [5, 5.41) is 9.41. The molecule has 5 nitrogen and oxygen atoms in total. The van der Waals surface area contributed by atoms with Crippen LogP contribution >= 0.6 is 0 Å². The van der Waals surface area contributed by atoms with Gasteiger partial charge in [-0.3, -0.25) is 9.59 Å². The summed E-state index contributed by atoms with van der Waals surface area (Å²) in [6.45, 7) is 2.36. The molecule has 1 heterocycles. The molecule has 0 radical (unpaired) electrons. The normalized spacial score (nSPS) is 18.7. The zero-order valence-electron chi connectivity index (χ0n) is 14.9. The molecule has 1 fully saturated rings. The van der Waals surface area contributed by atoms with Gasteiger partial charge in [-0.1, -0.05) is 60.7 Å². The van der Waals surface area contributed by atoms with Crippen LogP contribution in [-0.2, 0) is 9.59 Å². The van der Waals surface area contributed by atoms with Crippen molar-refractivity contribution >= 4 is 11.8 Å². The fraction of sp³-hybridized carbons (Fsp3) is 0.333. The molecule has 3 rings (SSSR count). The van der Waals surface area contributed by atoms with Crippen LogP contribution in [0.3, 0.4) is 0 Å². The molecular formula is C21H25N3O2. The van der Waals surface area contributed by atoms with Crippen molar-refractivity contribution in [3.63, 3.8) is 0 Å². The number of rotatable bonds is 6. The fourth-order valence-electron chi connectivity index (χ4n) is 3.42. The minimum atomic E-state index is -0.350. The Morgan fingerprint density at radius 2 is 1.46 bits per heavy atom. The molecule has 0 bridgehead atoms. The van der Waals surface area contributed by atoms with Gasteiger partial charge in [0.1, 0.15) is 0 Å². The average Bonchev–Trinajstić information content (AvgIpc) is 3.20. The molecular weight excluding hydrogens is 326 g/mol. The maximum Gasteiger partial charge on any atom is 0.237 e. The zero-order chi connectivity index (χ0) is 18.4. The molecule has 3 N–H and O–H groups in total. The maximum absolute atomic E-state index is 12.8. The molecule has 0 aromatic heterocycles. The van der Waals surface area contributed by atoms with E-state index in [2.05, 4.69) is 16.0 Å². The maximum atomic E-state index is 12.8. The fourth-order valence-corrected chi connectivity index (χ4v) is 3.42. The van der Waals surface area contributed by atoms with E-state index in [1.807, 2.05) is 60.7 Å². The van der Waals surface area contributed by atoms with Crippen molar-refractivity contribution in [3.05, 3.63) is 71.8 Å². The number of hydrogen-bond acceptors (Lipinski definition) is 3. The lowest BCUT2D eigenvalue weighted by molar-refractivity contribution is -0.125. The van der Waals surface area contributed by atoms with Crippen LogP contribution in [0.25, 0.3) is 0 Å². The van der Waals surface area contributed by atoms with E-state index in [-0.39, 0.29) is 29.9 Å². The van der Waals surface area contributed by atoms with Crippen LogP contribution < -0.4 is 16.0 Å². The molecule has 0 unspecified atom stereocenters. The second kappa shape index (κ2) is 8.63. The minimum absolute atomic E-state index is 0.0253. The van der Waals surface area contributed by atoms with E-state index in [1.165, 1.54) is 6.92 Å². The van der Waals surface area contributed by atoms with Gasteiger partial charge in [0.25, 0.3) is 0 Å². The zero-order valence-corrected chi connectivity index (χ0v) is 14.9. The monoisotopic (exact) mass is 351 g/mol. The molecule has 5 heteroatoms. The number of hydrogen-bond donors (Lipinski definition) is 3. The molecule has 2 amide bonds. The van der Waals surface area contributed by atoms with Crippen LogP contribution in [0.2, 0.25) is 0 Å². The van der Waals surface area contributed by atoms with Crippen LogP contribution in [0.4, 0.5) is 0 Å². The van der Waals surface area contributed by atoms with Crippen molar-refractivity contribution in [1.82, 2.24) is 16.0 Å². The summed E-state index contributed by atoms with van der Waals surface area (Å²) in [7, 11) is 0. The summed E-state index contributed by atoms with van der Waals surface area (Å²) in [6, 6.07) is 18.7. The Hall–Kier alpha value is -2.66. The van der Waals surface area contributed by atoms with Crippen LogP contribution in [0.5, 0.6) is 0 Å². The van der Waals surface area contributed by atoms with E-state index in [0.717, 1.165) is 30.5 Å². The summed E-state index contributed by atoms with van der Waals surface area (Å²) >= 11 is 0. The Labute approximate surface area is 154 Å². The summed E-state index contributed by atoms with van der Waals surface area (Å²) in [4.78, 5) is 24.6. The van der Waals surface area contributed by atoms with E-state index >= 15 is 0 Å². The van der Waals surface area contributed by atoms with Crippen molar-refractivity contribution < 1.29 is 9.59 Å². The Morgan fingerprint density at radius 1 is 0.923 bits per heavy atom. The van der Waals surface area contributed by atoms with Gasteiger partial charge in [0.2, 0.25) is 11.8 Å². The number of benzene rings is 2. The second-order valence-electron chi connectivity index (χ2n) is 6.63. The highest BCUT2D eigenvalue weighted by molar-refractivity contribution is 5.82. The summed E-state index contributed by atoms with van der Waals surface area (Å²) in [5.74, 6) is -0.157. The van der Waals surface area contributed by atoms with Crippen molar-refractivity contribution in [2.45, 2.75) is 37.9 Å². The lowest BCUT2D eigenvalue weighted by Gasteiger charge is -2.30. The Kier molecular flexibility index (Phi) is 6.02. The second-order valence-corrected chi connectivity index (χ2v) is 6.63. The topological polar surface area (TPSA) is 70.2 Å². The standard InChI is InChI=1S/C21H25N3O2/c1-15(25)23-19(16-9-4-2-5-10-16)20(17-11-6-3-7-12-17)24-21(26)18-13-8-14-22-18/h2-7,9-12,18-20,22H,8,13-14H2,1H3,(H,23,25)(H,24,26)/t18-,19-,20-/m0/s1. The van der Waals surface area contributed by atoms with Gasteiger partial charge in [-0.15, -0.1) is 0 Å². The first kappa shape index (κ1) is 18.1. The van der Waals surface area contributed by atoms with Crippen molar-refractivity contribution in [3.8, 4) is 0 Å². The Balaban J connectivity index is 1.93. The van der Waals surface area contributed by atoms with Gasteiger partial charge in [-0.05, 0) is 30.5 Å². The molecule has 1 aliphatic heterocycles. The molecule has 136 valence electrons. The van der Waals surface area contributed by atoms with Gasteiger partial charge in [0.15, 0.2) is 0 Å². The molecule has 1 saturated heterocycles. The highest BCUT2D eigenvalue weighted by atomic mass is 16.2. The van der Waals surface area contributed by atoms with E-state index in [9.17, 15) is 9.59 Å². The van der Waals surface area contributed by atoms with E-state index in [1.54, 1.807) is 0 Å². The highest BCUT2D eigenvalue weighted by Gasteiger charge is 2.30. The van der Waals surface area contributed by atoms with E-state index in [4.69, 9.17) is 0 Å². The first-order valence-electron chi connectivity index (χ1n) is 9.06. The molecule has 0 spiro atoms. The molecule has 0 aliphatic carbocycles. The van der Waals surface area contributed by atoms with Crippen molar-refractivity contribution in [1.29, 1.82) is 0 Å². The predicted octanol–water partition coefficient (Wildman–Crippen LogP) is 2.47. The van der Waals surface area contributed by atoms with Gasteiger partial charge in [-0.2, -0.15) is 0 Å². The van der Waals surface area contributed by atoms with Gasteiger partial charge >= 0.3 is 0 Å². The quantitative estimate of drug-likeness (QED) is 0.749. The predicted molar refractivity (Wildman–Crippen MR) is 101 cm³/mol. The third kappa shape index (κ3) is 4.49. The Bertz CT molecular complexity index is 727. The Morgan fingerprint density at radius 3 is 1.92 bits per heavy atom.